The highest BCUT2D eigenvalue weighted by molar-refractivity contribution is 5.51. The summed E-state index contributed by atoms with van der Waals surface area (Å²) in [6, 6.07) is 3.47. The van der Waals surface area contributed by atoms with Crippen molar-refractivity contribution in [3.63, 3.8) is 0 Å². The number of hydrogen-bond donors (Lipinski definition) is 1. The minimum atomic E-state index is -0.661. The Morgan fingerprint density at radius 2 is 1.58 bits per heavy atom. The van der Waals surface area contributed by atoms with Crippen LogP contribution < -0.4 is 14.2 Å². The zero-order chi connectivity index (χ0) is 14.3. The molecule has 0 aliphatic carbocycles. The summed E-state index contributed by atoms with van der Waals surface area (Å²) < 4.78 is 20.8. The smallest absolute Gasteiger partial charge is 0.132 e. The van der Waals surface area contributed by atoms with Crippen molar-refractivity contribution in [1.82, 2.24) is 0 Å². The van der Waals surface area contributed by atoms with Gasteiger partial charge in [0.25, 0.3) is 0 Å². The van der Waals surface area contributed by atoms with Crippen molar-refractivity contribution in [3.8, 4) is 17.2 Å². The molecule has 5 nitrogen and oxygen atoms in total. The minimum absolute atomic E-state index is 0.557. The molecule has 0 heterocycles. The second-order valence-corrected chi connectivity index (χ2v) is 4.10. The summed E-state index contributed by atoms with van der Waals surface area (Å²) in [4.78, 5) is 0. The van der Waals surface area contributed by atoms with E-state index in [1.165, 1.54) is 0 Å². The van der Waals surface area contributed by atoms with Crippen LogP contribution in [-0.2, 0) is 4.74 Å². The lowest BCUT2D eigenvalue weighted by atomic mass is 10.0. The third-order valence-corrected chi connectivity index (χ3v) is 2.91. The van der Waals surface area contributed by atoms with E-state index in [2.05, 4.69) is 0 Å². The van der Waals surface area contributed by atoms with Crippen molar-refractivity contribution in [2.75, 3.05) is 35.0 Å². The molecule has 108 valence electrons. The molecule has 1 rings (SSSR count). The minimum Gasteiger partial charge on any atom is -0.496 e. The molecular formula is C14H22O5. The molecule has 1 atom stereocenters. The number of aliphatic hydroxyl groups excluding tert-OH is 1. The lowest BCUT2D eigenvalue weighted by Crippen LogP contribution is -2.05. The summed E-state index contributed by atoms with van der Waals surface area (Å²) in [6.45, 7) is 0.609. The average molecular weight is 270 g/mol. The van der Waals surface area contributed by atoms with Crippen molar-refractivity contribution >= 4 is 0 Å². The van der Waals surface area contributed by atoms with Crippen molar-refractivity contribution in [2.24, 2.45) is 0 Å². The standard InChI is InChI=1S/C14H22O5/c1-16-7-5-6-11(15)14-12(18-3)8-10(17-2)9-13(14)19-4/h8-9,11,15H,5-7H2,1-4H3. The van der Waals surface area contributed by atoms with E-state index in [1.807, 2.05) is 0 Å². The van der Waals surface area contributed by atoms with Gasteiger partial charge in [-0.3, -0.25) is 0 Å². The van der Waals surface area contributed by atoms with Gasteiger partial charge in [0.05, 0.1) is 33.0 Å². The fourth-order valence-corrected chi connectivity index (χ4v) is 1.93. The van der Waals surface area contributed by atoms with Crippen LogP contribution in [0.15, 0.2) is 12.1 Å². The fraction of sp³-hybridized carbons (Fsp3) is 0.571. The highest BCUT2D eigenvalue weighted by Crippen LogP contribution is 2.39. The summed E-state index contributed by atoms with van der Waals surface area (Å²) in [5.74, 6) is 1.74. The average Bonchev–Trinajstić information content (AvgIpc) is 2.45. The Hall–Kier alpha value is -1.46. The molecule has 1 aromatic rings. The molecule has 0 radical (unpaired) electrons. The number of aliphatic hydroxyl groups is 1. The molecule has 0 aromatic heterocycles. The summed E-state index contributed by atoms with van der Waals surface area (Å²) in [6.07, 6.45) is 0.675. The number of rotatable bonds is 8. The molecule has 1 N–H and O–H groups in total. The Morgan fingerprint density at radius 1 is 1.00 bits per heavy atom. The summed E-state index contributed by atoms with van der Waals surface area (Å²) in [5, 5.41) is 10.3. The number of methoxy groups -OCH3 is 4. The maximum atomic E-state index is 10.3. The third kappa shape index (κ3) is 4.01. The Balaban J connectivity index is 3.02. The van der Waals surface area contributed by atoms with Crippen LogP contribution in [-0.4, -0.2) is 40.2 Å². The lowest BCUT2D eigenvalue weighted by Gasteiger charge is -2.19. The highest BCUT2D eigenvalue weighted by atomic mass is 16.5. The van der Waals surface area contributed by atoms with Crippen LogP contribution in [0.4, 0.5) is 0 Å². The second-order valence-electron chi connectivity index (χ2n) is 4.10. The molecule has 0 bridgehead atoms. The van der Waals surface area contributed by atoms with Gasteiger partial charge in [0.1, 0.15) is 17.2 Å². The zero-order valence-electron chi connectivity index (χ0n) is 11.9. The van der Waals surface area contributed by atoms with Crippen LogP contribution in [0.1, 0.15) is 24.5 Å². The Labute approximate surface area is 114 Å². The second kappa shape index (κ2) is 7.86. The molecule has 0 aliphatic heterocycles. The first-order valence-electron chi connectivity index (χ1n) is 6.14. The maximum absolute atomic E-state index is 10.3. The van der Waals surface area contributed by atoms with E-state index in [0.29, 0.717) is 35.8 Å². The predicted molar refractivity (Wildman–Crippen MR) is 72.2 cm³/mol. The van der Waals surface area contributed by atoms with Gasteiger partial charge in [-0.15, -0.1) is 0 Å². The number of hydrogen-bond acceptors (Lipinski definition) is 5. The van der Waals surface area contributed by atoms with Crippen molar-refractivity contribution in [2.45, 2.75) is 18.9 Å². The quantitative estimate of drug-likeness (QED) is 0.734. The fourth-order valence-electron chi connectivity index (χ4n) is 1.93. The number of ether oxygens (including phenoxy) is 4. The topological polar surface area (TPSA) is 57.2 Å². The van der Waals surface area contributed by atoms with Crippen molar-refractivity contribution < 1.29 is 24.1 Å². The van der Waals surface area contributed by atoms with Crippen LogP contribution in [0.5, 0.6) is 17.2 Å². The van der Waals surface area contributed by atoms with Crippen molar-refractivity contribution in [1.29, 1.82) is 0 Å². The van der Waals surface area contributed by atoms with Gasteiger partial charge in [0.15, 0.2) is 0 Å². The third-order valence-electron chi connectivity index (χ3n) is 2.91. The van der Waals surface area contributed by atoms with Gasteiger partial charge >= 0.3 is 0 Å². The van der Waals surface area contributed by atoms with Crippen LogP contribution >= 0.6 is 0 Å². The van der Waals surface area contributed by atoms with Crippen LogP contribution in [0.25, 0.3) is 0 Å². The molecule has 1 unspecified atom stereocenters. The molecule has 1 aromatic carbocycles. The van der Waals surface area contributed by atoms with Gasteiger partial charge in [-0.2, -0.15) is 0 Å². The van der Waals surface area contributed by atoms with Crippen LogP contribution in [0.3, 0.4) is 0 Å². The lowest BCUT2D eigenvalue weighted by molar-refractivity contribution is 0.131. The normalized spacial score (nSPS) is 12.1. The van der Waals surface area contributed by atoms with E-state index in [0.717, 1.165) is 6.42 Å². The van der Waals surface area contributed by atoms with Crippen molar-refractivity contribution in [3.05, 3.63) is 17.7 Å². The maximum Gasteiger partial charge on any atom is 0.132 e. The van der Waals surface area contributed by atoms with E-state index in [9.17, 15) is 5.11 Å². The molecule has 0 saturated carbocycles. The largest absolute Gasteiger partial charge is 0.496 e. The van der Waals surface area contributed by atoms with E-state index in [1.54, 1.807) is 40.6 Å². The Bertz CT molecular complexity index is 366. The Kier molecular flexibility index (Phi) is 6.45. The number of benzene rings is 1. The monoisotopic (exact) mass is 270 g/mol. The SMILES string of the molecule is COCCCC(O)c1c(OC)cc(OC)cc1OC. The summed E-state index contributed by atoms with van der Waals surface area (Å²) in [7, 11) is 6.32. The molecule has 5 heteroatoms. The first kappa shape index (κ1) is 15.6. The van der Waals surface area contributed by atoms with Gasteiger partial charge < -0.3 is 24.1 Å². The predicted octanol–water partition coefficient (Wildman–Crippen LogP) is 2.17. The molecule has 0 spiro atoms. The van der Waals surface area contributed by atoms with E-state index < -0.39 is 6.10 Å². The van der Waals surface area contributed by atoms with Crippen LogP contribution in [0.2, 0.25) is 0 Å². The van der Waals surface area contributed by atoms with E-state index >= 15 is 0 Å². The molecule has 0 saturated heterocycles. The highest BCUT2D eigenvalue weighted by Gasteiger charge is 2.20. The molecule has 19 heavy (non-hydrogen) atoms. The summed E-state index contributed by atoms with van der Waals surface area (Å²) in [5.41, 5.74) is 0.641. The van der Waals surface area contributed by atoms with E-state index in [4.69, 9.17) is 18.9 Å². The van der Waals surface area contributed by atoms with Gasteiger partial charge in [-0.05, 0) is 12.8 Å². The van der Waals surface area contributed by atoms with Crippen LogP contribution in [0, 0.1) is 0 Å². The molecule has 0 amide bonds. The van der Waals surface area contributed by atoms with Gasteiger partial charge in [0.2, 0.25) is 0 Å². The van der Waals surface area contributed by atoms with E-state index in [-0.39, 0.29) is 0 Å². The van der Waals surface area contributed by atoms with Gasteiger partial charge in [-0.1, -0.05) is 0 Å². The Morgan fingerprint density at radius 3 is 2.00 bits per heavy atom. The molecule has 0 aliphatic rings. The summed E-state index contributed by atoms with van der Waals surface area (Å²) >= 11 is 0. The molecular weight excluding hydrogens is 248 g/mol. The van der Waals surface area contributed by atoms with Gasteiger partial charge in [-0.25, -0.2) is 0 Å². The molecule has 0 fully saturated rings. The first-order chi connectivity index (χ1) is 9.17. The zero-order valence-corrected chi connectivity index (χ0v) is 11.9. The first-order valence-corrected chi connectivity index (χ1v) is 6.14. The van der Waals surface area contributed by atoms with Gasteiger partial charge in [0, 0.05) is 25.8 Å².